The lowest BCUT2D eigenvalue weighted by molar-refractivity contribution is -0.176. The van der Waals surface area contributed by atoms with Crippen LogP contribution in [0.3, 0.4) is 0 Å². The van der Waals surface area contributed by atoms with Gasteiger partial charge in [0.05, 0.1) is 5.92 Å². The Labute approximate surface area is 119 Å². The molecule has 1 heterocycles. The summed E-state index contributed by atoms with van der Waals surface area (Å²) in [6, 6.07) is 5.92. The molecule has 1 saturated heterocycles. The molecule has 2 rings (SSSR count). The van der Waals surface area contributed by atoms with Crippen LogP contribution in [0.1, 0.15) is 24.0 Å². The van der Waals surface area contributed by atoms with E-state index in [-0.39, 0.29) is 13.0 Å². The molecule has 1 aliphatic rings. The standard InChI is InChI=1S/C14H17BrF3N/c1-10-4-5-13(11(7-10)8-15)19-6-2-3-12(9-19)14(16,17)18/h4-5,7,12H,2-3,6,8-9H2,1H3. The molecule has 0 bridgehead atoms. The van der Waals surface area contributed by atoms with Crippen molar-refractivity contribution >= 4 is 21.6 Å². The lowest BCUT2D eigenvalue weighted by Gasteiger charge is -2.36. The average molecular weight is 336 g/mol. The Morgan fingerprint density at radius 1 is 1.37 bits per heavy atom. The van der Waals surface area contributed by atoms with Crippen LogP contribution in [0.2, 0.25) is 0 Å². The fraction of sp³-hybridized carbons (Fsp3) is 0.571. The number of rotatable bonds is 2. The highest BCUT2D eigenvalue weighted by Crippen LogP contribution is 2.36. The summed E-state index contributed by atoms with van der Waals surface area (Å²) in [7, 11) is 0. The summed E-state index contributed by atoms with van der Waals surface area (Å²) in [5, 5.41) is 0.664. The molecule has 1 aromatic rings. The number of halogens is 4. The molecule has 1 aromatic carbocycles. The van der Waals surface area contributed by atoms with Crippen molar-refractivity contribution in [2.75, 3.05) is 18.0 Å². The Bertz CT molecular complexity index is 445. The van der Waals surface area contributed by atoms with Gasteiger partial charge in [-0.2, -0.15) is 13.2 Å². The highest BCUT2D eigenvalue weighted by atomic mass is 79.9. The quantitative estimate of drug-likeness (QED) is 0.710. The fourth-order valence-corrected chi connectivity index (χ4v) is 3.04. The number of alkyl halides is 4. The fourth-order valence-electron chi connectivity index (χ4n) is 2.59. The van der Waals surface area contributed by atoms with Crippen LogP contribution in [0.25, 0.3) is 0 Å². The normalized spacial score (nSPS) is 20.7. The Balaban J connectivity index is 2.22. The highest BCUT2D eigenvalue weighted by molar-refractivity contribution is 9.08. The van der Waals surface area contributed by atoms with Gasteiger partial charge < -0.3 is 4.90 Å². The molecule has 5 heteroatoms. The first-order chi connectivity index (χ1) is 8.91. The molecule has 1 aliphatic heterocycles. The second-order valence-electron chi connectivity index (χ2n) is 5.09. The van der Waals surface area contributed by atoms with Gasteiger partial charge in [0, 0.05) is 24.1 Å². The third kappa shape index (κ3) is 3.44. The van der Waals surface area contributed by atoms with Gasteiger partial charge in [-0.25, -0.2) is 0 Å². The smallest absolute Gasteiger partial charge is 0.371 e. The molecule has 106 valence electrons. The number of nitrogens with zero attached hydrogens (tertiary/aromatic N) is 1. The summed E-state index contributed by atoms with van der Waals surface area (Å²) in [4.78, 5) is 1.87. The van der Waals surface area contributed by atoms with Crippen LogP contribution in [0.15, 0.2) is 18.2 Å². The van der Waals surface area contributed by atoms with Crippen LogP contribution in [0.4, 0.5) is 18.9 Å². The molecule has 1 atom stereocenters. The predicted molar refractivity (Wildman–Crippen MR) is 74.8 cm³/mol. The Kier molecular flexibility index (Phi) is 4.43. The molecule has 1 unspecified atom stereocenters. The summed E-state index contributed by atoms with van der Waals surface area (Å²) in [6.07, 6.45) is -3.24. The van der Waals surface area contributed by atoms with Gasteiger partial charge in [0.25, 0.3) is 0 Å². The number of hydrogen-bond acceptors (Lipinski definition) is 1. The molecule has 19 heavy (non-hydrogen) atoms. The van der Waals surface area contributed by atoms with E-state index in [0.29, 0.717) is 18.3 Å². The third-order valence-electron chi connectivity index (χ3n) is 3.60. The number of piperidine rings is 1. The van der Waals surface area contributed by atoms with Gasteiger partial charge in [0.1, 0.15) is 0 Å². The van der Waals surface area contributed by atoms with E-state index in [1.807, 2.05) is 30.0 Å². The van der Waals surface area contributed by atoms with Crippen molar-refractivity contribution in [2.24, 2.45) is 5.92 Å². The Morgan fingerprint density at radius 2 is 2.11 bits per heavy atom. The van der Waals surface area contributed by atoms with Crippen molar-refractivity contribution < 1.29 is 13.2 Å². The van der Waals surface area contributed by atoms with Crippen LogP contribution < -0.4 is 4.90 Å². The average Bonchev–Trinajstić information content (AvgIpc) is 2.37. The summed E-state index contributed by atoms with van der Waals surface area (Å²) >= 11 is 3.41. The molecule has 0 radical (unpaired) electrons. The van der Waals surface area contributed by atoms with Crippen molar-refractivity contribution in [1.82, 2.24) is 0 Å². The summed E-state index contributed by atoms with van der Waals surface area (Å²) in [5.74, 6) is -1.20. The monoisotopic (exact) mass is 335 g/mol. The van der Waals surface area contributed by atoms with Crippen molar-refractivity contribution in [3.8, 4) is 0 Å². The zero-order valence-electron chi connectivity index (χ0n) is 10.8. The van der Waals surface area contributed by atoms with E-state index >= 15 is 0 Å². The van der Waals surface area contributed by atoms with Gasteiger partial charge in [-0.3, -0.25) is 0 Å². The summed E-state index contributed by atoms with van der Waals surface area (Å²) in [5.41, 5.74) is 3.11. The van der Waals surface area contributed by atoms with Crippen LogP contribution in [-0.2, 0) is 5.33 Å². The zero-order valence-corrected chi connectivity index (χ0v) is 12.4. The third-order valence-corrected chi connectivity index (χ3v) is 4.21. The molecule has 0 spiro atoms. The van der Waals surface area contributed by atoms with E-state index in [2.05, 4.69) is 15.9 Å². The predicted octanol–water partition coefficient (Wildman–Crippen LogP) is 4.67. The second kappa shape index (κ2) is 5.73. The molecular weight excluding hydrogens is 319 g/mol. The van der Waals surface area contributed by atoms with Gasteiger partial charge in [-0.05, 0) is 31.4 Å². The molecule has 1 fully saturated rings. The SMILES string of the molecule is Cc1ccc(N2CCCC(C(F)(F)F)C2)c(CBr)c1. The lowest BCUT2D eigenvalue weighted by atomic mass is 9.96. The van der Waals surface area contributed by atoms with E-state index in [4.69, 9.17) is 0 Å². The van der Waals surface area contributed by atoms with Gasteiger partial charge in [-0.15, -0.1) is 0 Å². The number of hydrogen-bond donors (Lipinski definition) is 0. The number of benzene rings is 1. The first-order valence-corrected chi connectivity index (χ1v) is 7.51. The number of anilines is 1. The second-order valence-corrected chi connectivity index (χ2v) is 5.65. The number of aryl methyl sites for hydroxylation is 1. The van der Waals surface area contributed by atoms with Crippen molar-refractivity contribution in [2.45, 2.75) is 31.3 Å². The highest BCUT2D eigenvalue weighted by Gasteiger charge is 2.42. The van der Waals surface area contributed by atoms with E-state index in [9.17, 15) is 13.2 Å². The van der Waals surface area contributed by atoms with Crippen molar-refractivity contribution in [3.05, 3.63) is 29.3 Å². The Morgan fingerprint density at radius 3 is 2.74 bits per heavy atom. The van der Waals surface area contributed by atoms with Gasteiger partial charge in [0.15, 0.2) is 0 Å². The minimum absolute atomic E-state index is 0.0760. The molecule has 0 aromatic heterocycles. The van der Waals surface area contributed by atoms with E-state index < -0.39 is 12.1 Å². The van der Waals surface area contributed by atoms with Gasteiger partial charge in [-0.1, -0.05) is 33.6 Å². The molecule has 0 aliphatic carbocycles. The van der Waals surface area contributed by atoms with E-state index in [1.54, 1.807) is 0 Å². The Hall–Kier alpha value is -0.710. The molecule has 1 nitrogen and oxygen atoms in total. The van der Waals surface area contributed by atoms with E-state index in [0.717, 1.165) is 16.8 Å². The minimum Gasteiger partial charge on any atom is -0.371 e. The van der Waals surface area contributed by atoms with E-state index in [1.165, 1.54) is 0 Å². The maximum atomic E-state index is 12.8. The maximum absolute atomic E-state index is 12.8. The molecular formula is C14H17BrF3N. The van der Waals surface area contributed by atoms with Crippen LogP contribution in [0.5, 0.6) is 0 Å². The lowest BCUT2D eigenvalue weighted by Crippen LogP contribution is -2.42. The van der Waals surface area contributed by atoms with Crippen LogP contribution in [-0.4, -0.2) is 19.3 Å². The largest absolute Gasteiger partial charge is 0.393 e. The van der Waals surface area contributed by atoms with Crippen LogP contribution in [0, 0.1) is 12.8 Å². The van der Waals surface area contributed by atoms with Crippen molar-refractivity contribution in [1.29, 1.82) is 0 Å². The van der Waals surface area contributed by atoms with Crippen molar-refractivity contribution in [3.63, 3.8) is 0 Å². The van der Waals surface area contributed by atoms with Crippen LogP contribution >= 0.6 is 15.9 Å². The minimum atomic E-state index is -4.09. The topological polar surface area (TPSA) is 3.24 Å². The first-order valence-electron chi connectivity index (χ1n) is 6.39. The summed E-state index contributed by atoms with van der Waals surface area (Å²) in [6.45, 7) is 2.77. The molecule has 0 amide bonds. The van der Waals surface area contributed by atoms with Gasteiger partial charge >= 0.3 is 6.18 Å². The molecule has 0 N–H and O–H groups in total. The molecule has 0 saturated carbocycles. The zero-order chi connectivity index (χ0) is 14.0. The van der Waals surface area contributed by atoms with Gasteiger partial charge in [0.2, 0.25) is 0 Å². The summed E-state index contributed by atoms with van der Waals surface area (Å²) < 4.78 is 38.5. The maximum Gasteiger partial charge on any atom is 0.393 e. The first kappa shape index (κ1) is 14.7.